The van der Waals surface area contributed by atoms with Crippen LogP contribution in [0.5, 0.6) is 11.5 Å². The number of ether oxygens (including phenoxy) is 2. The molecular weight excluding hydrogens is 376 g/mol. The van der Waals surface area contributed by atoms with E-state index in [0.717, 1.165) is 33.7 Å². The summed E-state index contributed by atoms with van der Waals surface area (Å²) in [6, 6.07) is 24.9. The second-order valence-electron chi connectivity index (χ2n) is 6.95. The summed E-state index contributed by atoms with van der Waals surface area (Å²) in [5, 5.41) is 4.42. The van der Waals surface area contributed by atoms with Gasteiger partial charge in [0.1, 0.15) is 11.5 Å². The van der Waals surface area contributed by atoms with E-state index in [4.69, 9.17) is 9.47 Å². The van der Waals surface area contributed by atoms with E-state index in [1.807, 2.05) is 85.8 Å². The van der Waals surface area contributed by atoms with E-state index >= 15 is 0 Å². The predicted octanol–water partition coefficient (Wildman–Crippen LogP) is 5.14. The summed E-state index contributed by atoms with van der Waals surface area (Å²) < 4.78 is 10.9. The maximum atomic E-state index is 13.0. The third-order valence-corrected chi connectivity index (χ3v) is 5.00. The number of pyridine rings is 1. The van der Waals surface area contributed by atoms with Gasteiger partial charge in [0.25, 0.3) is 5.56 Å². The lowest BCUT2D eigenvalue weighted by Crippen LogP contribution is -2.22. The van der Waals surface area contributed by atoms with Gasteiger partial charge < -0.3 is 19.8 Å². The van der Waals surface area contributed by atoms with Crippen molar-refractivity contribution in [1.29, 1.82) is 0 Å². The monoisotopic (exact) mass is 400 g/mol. The molecule has 0 radical (unpaired) electrons. The van der Waals surface area contributed by atoms with Gasteiger partial charge >= 0.3 is 0 Å². The Balaban J connectivity index is 1.78. The second-order valence-corrected chi connectivity index (χ2v) is 6.95. The van der Waals surface area contributed by atoms with Crippen LogP contribution in [0.2, 0.25) is 0 Å². The van der Waals surface area contributed by atoms with Gasteiger partial charge in [-0.15, -0.1) is 0 Å². The lowest BCUT2D eigenvalue weighted by atomic mass is 9.98. The Hall–Kier alpha value is -3.73. The first-order chi connectivity index (χ1) is 14.7. The van der Waals surface area contributed by atoms with Crippen LogP contribution in [0.1, 0.15) is 24.1 Å². The highest BCUT2D eigenvalue weighted by Crippen LogP contribution is 2.28. The molecule has 0 amide bonds. The maximum Gasteiger partial charge on any atom is 0.254 e. The average Bonchev–Trinajstić information content (AvgIpc) is 2.79. The Morgan fingerprint density at radius 2 is 1.67 bits per heavy atom. The number of hydrogen-bond acceptors (Lipinski definition) is 4. The van der Waals surface area contributed by atoms with E-state index in [1.165, 1.54) is 0 Å². The molecule has 0 aliphatic heterocycles. The molecule has 0 unspecified atom stereocenters. The molecule has 2 N–H and O–H groups in total. The smallest absolute Gasteiger partial charge is 0.254 e. The Labute approximate surface area is 175 Å². The van der Waals surface area contributed by atoms with E-state index in [-0.39, 0.29) is 11.6 Å². The van der Waals surface area contributed by atoms with Crippen molar-refractivity contribution in [3.8, 4) is 11.5 Å². The van der Waals surface area contributed by atoms with Crippen molar-refractivity contribution in [2.24, 2.45) is 0 Å². The number of aromatic nitrogens is 1. The third-order valence-electron chi connectivity index (χ3n) is 5.00. The summed E-state index contributed by atoms with van der Waals surface area (Å²) in [6.45, 7) is 2.58. The van der Waals surface area contributed by atoms with Crippen LogP contribution in [-0.2, 0) is 0 Å². The van der Waals surface area contributed by atoms with Gasteiger partial charge in [-0.25, -0.2) is 0 Å². The topological polar surface area (TPSA) is 63.4 Å². The van der Waals surface area contributed by atoms with Gasteiger partial charge in [0.05, 0.1) is 19.8 Å². The number of aromatic amines is 1. The molecule has 1 heterocycles. The molecule has 3 aromatic carbocycles. The molecule has 0 saturated heterocycles. The molecule has 5 heteroatoms. The van der Waals surface area contributed by atoms with Crippen LogP contribution < -0.4 is 20.3 Å². The van der Waals surface area contributed by atoms with Crippen LogP contribution in [-0.4, -0.2) is 18.7 Å². The van der Waals surface area contributed by atoms with Crippen molar-refractivity contribution >= 4 is 16.6 Å². The fraction of sp³-hybridized carbons (Fsp3) is 0.160. The molecule has 5 nitrogen and oxygen atoms in total. The van der Waals surface area contributed by atoms with Crippen molar-refractivity contribution < 1.29 is 9.47 Å². The number of anilines is 1. The molecule has 0 spiro atoms. The van der Waals surface area contributed by atoms with Crippen molar-refractivity contribution in [2.75, 3.05) is 19.0 Å². The highest BCUT2D eigenvalue weighted by molar-refractivity contribution is 5.81. The minimum absolute atomic E-state index is 0.125. The maximum absolute atomic E-state index is 13.0. The fourth-order valence-electron chi connectivity index (χ4n) is 3.51. The van der Waals surface area contributed by atoms with Crippen LogP contribution in [0.15, 0.2) is 83.7 Å². The Morgan fingerprint density at radius 1 is 0.933 bits per heavy atom. The zero-order chi connectivity index (χ0) is 20.9. The lowest BCUT2D eigenvalue weighted by molar-refractivity contribution is 0.340. The molecule has 0 fully saturated rings. The molecular formula is C25H24N2O3. The van der Waals surface area contributed by atoms with Gasteiger partial charge in [-0.05, 0) is 61.0 Å². The highest BCUT2D eigenvalue weighted by atomic mass is 16.5. The second kappa shape index (κ2) is 8.74. The number of methoxy groups -OCH3 is 1. The quantitative estimate of drug-likeness (QED) is 0.451. The summed E-state index contributed by atoms with van der Waals surface area (Å²) in [7, 11) is 1.63. The molecule has 0 saturated carbocycles. The first-order valence-corrected chi connectivity index (χ1v) is 9.93. The van der Waals surface area contributed by atoms with Crippen LogP contribution >= 0.6 is 0 Å². The van der Waals surface area contributed by atoms with Crippen molar-refractivity contribution in [2.45, 2.75) is 13.0 Å². The van der Waals surface area contributed by atoms with Crippen LogP contribution in [0.25, 0.3) is 10.9 Å². The molecule has 1 atom stereocenters. The van der Waals surface area contributed by atoms with Crippen molar-refractivity contribution in [1.82, 2.24) is 4.98 Å². The summed E-state index contributed by atoms with van der Waals surface area (Å²) in [4.78, 5) is 16.0. The van der Waals surface area contributed by atoms with Gasteiger partial charge in [0.15, 0.2) is 0 Å². The number of fused-ring (bicyclic) bond motifs is 1. The summed E-state index contributed by atoms with van der Waals surface area (Å²) in [6.07, 6.45) is 0. The zero-order valence-corrected chi connectivity index (χ0v) is 17.0. The zero-order valence-electron chi connectivity index (χ0n) is 17.0. The fourth-order valence-corrected chi connectivity index (χ4v) is 3.51. The standard InChI is InChI=1S/C25H24N2O3/c1-3-30-20-11-9-19(10-12-20)26-24(17-7-5-4-6-8-17)22-16-18-15-21(29-2)13-14-23(18)27-25(22)28/h4-16,24,26H,3H2,1-2H3,(H,27,28)/t24-/m0/s1. The van der Waals surface area contributed by atoms with E-state index in [9.17, 15) is 4.79 Å². The first kappa shape index (κ1) is 19.6. The van der Waals surface area contributed by atoms with Gasteiger partial charge in [-0.1, -0.05) is 30.3 Å². The van der Waals surface area contributed by atoms with E-state index in [1.54, 1.807) is 7.11 Å². The Morgan fingerprint density at radius 3 is 2.37 bits per heavy atom. The van der Waals surface area contributed by atoms with Crippen LogP contribution in [0.4, 0.5) is 5.69 Å². The number of H-pyrrole nitrogens is 1. The molecule has 30 heavy (non-hydrogen) atoms. The predicted molar refractivity (Wildman–Crippen MR) is 121 cm³/mol. The van der Waals surface area contributed by atoms with Crippen molar-refractivity contribution in [3.05, 3.63) is 100 Å². The van der Waals surface area contributed by atoms with Crippen LogP contribution in [0.3, 0.4) is 0 Å². The van der Waals surface area contributed by atoms with Gasteiger partial charge in [-0.3, -0.25) is 4.79 Å². The largest absolute Gasteiger partial charge is 0.497 e. The molecule has 152 valence electrons. The minimum atomic E-state index is -0.316. The normalized spacial score (nSPS) is 11.8. The molecule has 1 aromatic heterocycles. The molecule has 0 aliphatic carbocycles. The molecule has 0 bridgehead atoms. The summed E-state index contributed by atoms with van der Waals surface area (Å²) >= 11 is 0. The number of nitrogens with one attached hydrogen (secondary N) is 2. The highest BCUT2D eigenvalue weighted by Gasteiger charge is 2.18. The van der Waals surface area contributed by atoms with Crippen LogP contribution in [0, 0.1) is 0 Å². The molecule has 4 rings (SSSR count). The first-order valence-electron chi connectivity index (χ1n) is 9.93. The van der Waals surface area contributed by atoms with Gasteiger partial charge in [0.2, 0.25) is 0 Å². The lowest BCUT2D eigenvalue weighted by Gasteiger charge is -2.21. The third kappa shape index (κ3) is 4.15. The Kier molecular flexibility index (Phi) is 5.70. The van der Waals surface area contributed by atoms with Crippen molar-refractivity contribution in [3.63, 3.8) is 0 Å². The van der Waals surface area contributed by atoms with Gasteiger partial charge in [0, 0.05) is 22.2 Å². The summed E-state index contributed by atoms with van der Waals surface area (Å²) in [5.41, 5.74) is 3.18. The van der Waals surface area contributed by atoms with E-state index in [2.05, 4.69) is 10.3 Å². The average molecular weight is 400 g/mol. The minimum Gasteiger partial charge on any atom is -0.497 e. The van der Waals surface area contributed by atoms with Gasteiger partial charge in [-0.2, -0.15) is 0 Å². The SMILES string of the molecule is CCOc1ccc(N[C@@H](c2ccccc2)c2cc3cc(OC)ccc3[nH]c2=O)cc1. The summed E-state index contributed by atoms with van der Waals surface area (Å²) in [5.74, 6) is 1.56. The Bertz CT molecular complexity index is 1180. The molecule has 4 aromatic rings. The van der Waals surface area contributed by atoms with E-state index < -0.39 is 0 Å². The number of hydrogen-bond donors (Lipinski definition) is 2. The number of benzene rings is 3. The van der Waals surface area contributed by atoms with E-state index in [0.29, 0.717) is 12.2 Å². The molecule has 0 aliphatic rings. The number of rotatable bonds is 7.